The molecular weight excluding hydrogens is 174 g/mol. The Hall–Kier alpha value is -1.54. The largest absolute Gasteiger partial charge is 0.394 e. The van der Waals surface area contributed by atoms with Gasteiger partial charge in [-0.1, -0.05) is 30.4 Å². The van der Waals surface area contributed by atoms with Gasteiger partial charge in [0.05, 0.1) is 12.6 Å². The number of hydrogen-bond donors (Lipinski definition) is 1. The summed E-state index contributed by atoms with van der Waals surface area (Å²) in [4.78, 5) is 2.06. The lowest BCUT2D eigenvalue weighted by atomic mass is 10.1. The lowest BCUT2D eigenvalue weighted by molar-refractivity contribution is 0.282. The molecule has 14 heavy (non-hydrogen) atoms. The maximum absolute atomic E-state index is 9.20. The van der Waals surface area contributed by atoms with Crippen molar-refractivity contribution >= 4 is 5.69 Å². The molecule has 1 aromatic carbocycles. The molecule has 0 fully saturated rings. The average molecular weight is 187 g/mol. The Kier molecular flexibility index (Phi) is 2.65. The molecule has 0 saturated carbocycles. The van der Waals surface area contributed by atoms with Crippen molar-refractivity contribution in [1.82, 2.24) is 0 Å². The monoisotopic (exact) mass is 187 g/mol. The van der Waals surface area contributed by atoms with Crippen LogP contribution in [0, 0.1) is 0 Å². The first-order chi connectivity index (χ1) is 6.92. The molecular formula is C12H13NO. The minimum Gasteiger partial charge on any atom is -0.394 e. The second-order valence-electron chi connectivity index (χ2n) is 3.22. The maximum Gasteiger partial charge on any atom is 0.0750 e. The number of nitrogens with zero attached hydrogens (tertiary/aromatic N) is 1. The topological polar surface area (TPSA) is 23.5 Å². The number of aliphatic hydroxyl groups is 1. The minimum absolute atomic E-state index is 0.0578. The smallest absolute Gasteiger partial charge is 0.0750 e. The van der Waals surface area contributed by atoms with Gasteiger partial charge in [-0.2, -0.15) is 0 Å². The summed E-state index contributed by atoms with van der Waals surface area (Å²) in [5.41, 5.74) is 1.10. The summed E-state index contributed by atoms with van der Waals surface area (Å²) >= 11 is 0. The van der Waals surface area contributed by atoms with Crippen molar-refractivity contribution in [2.45, 2.75) is 6.04 Å². The van der Waals surface area contributed by atoms with E-state index in [1.165, 1.54) is 0 Å². The lowest BCUT2D eigenvalue weighted by Gasteiger charge is -2.28. The van der Waals surface area contributed by atoms with Crippen molar-refractivity contribution in [2.24, 2.45) is 0 Å². The van der Waals surface area contributed by atoms with Crippen LogP contribution in [-0.4, -0.2) is 17.8 Å². The molecule has 1 aliphatic heterocycles. The van der Waals surface area contributed by atoms with E-state index in [-0.39, 0.29) is 12.6 Å². The highest BCUT2D eigenvalue weighted by molar-refractivity contribution is 5.52. The van der Waals surface area contributed by atoms with E-state index in [0.717, 1.165) is 5.69 Å². The summed E-state index contributed by atoms with van der Waals surface area (Å²) in [7, 11) is 0. The van der Waals surface area contributed by atoms with E-state index in [9.17, 15) is 5.11 Å². The van der Waals surface area contributed by atoms with Crippen LogP contribution in [0.2, 0.25) is 0 Å². The number of allylic oxidation sites excluding steroid dienone is 2. The van der Waals surface area contributed by atoms with Crippen molar-refractivity contribution in [2.75, 3.05) is 11.5 Å². The van der Waals surface area contributed by atoms with Crippen LogP contribution >= 0.6 is 0 Å². The summed E-state index contributed by atoms with van der Waals surface area (Å²) in [6, 6.07) is 10.1. The first-order valence-electron chi connectivity index (χ1n) is 4.71. The number of rotatable bonds is 2. The van der Waals surface area contributed by atoms with E-state index in [2.05, 4.69) is 4.90 Å². The molecule has 0 aliphatic carbocycles. The number of anilines is 1. The van der Waals surface area contributed by atoms with Gasteiger partial charge in [-0.05, 0) is 18.2 Å². The summed E-state index contributed by atoms with van der Waals surface area (Å²) in [6.07, 6.45) is 7.91. The third-order valence-electron chi connectivity index (χ3n) is 2.29. The van der Waals surface area contributed by atoms with Crippen molar-refractivity contribution < 1.29 is 5.11 Å². The Morgan fingerprint density at radius 2 is 1.93 bits per heavy atom. The second-order valence-corrected chi connectivity index (χ2v) is 3.22. The molecule has 1 aliphatic rings. The fourth-order valence-electron chi connectivity index (χ4n) is 1.56. The molecule has 0 aromatic heterocycles. The molecule has 2 nitrogen and oxygen atoms in total. The first-order valence-corrected chi connectivity index (χ1v) is 4.71. The molecule has 0 radical (unpaired) electrons. The van der Waals surface area contributed by atoms with Crippen molar-refractivity contribution in [3.63, 3.8) is 0 Å². The van der Waals surface area contributed by atoms with E-state index in [4.69, 9.17) is 0 Å². The highest BCUT2D eigenvalue weighted by Gasteiger charge is 2.14. The van der Waals surface area contributed by atoms with Gasteiger partial charge in [0.2, 0.25) is 0 Å². The Labute approximate surface area is 83.8 Å². The number of para-hydroxylation sites is 1. The third-order valence-corrected chi connectivity index (χ3v) is 2.29. The number of benzene rings is 1. The second kappa shape index (κ2) is 4.11. The van der Waals surface area contributed by atoms with Crippen molar-refractivity contribution in [3.8, 4) is 0 Å². The van der Waals surface area contributed by atoms with Gasteiger partial charge in [0.25, 0.3) is 0 Å². The van der Waals surface area contributed by atoms with Crippen LogP contribution in [0.3, 0.4) is 0 Å². The van der Waals surface area contributed by atoms with Crippen molar-refractivity contribution in [1.29, 1.82) is 0 Å². The van der Waals surface area contributed by atoms with E-state index < -0.39 is 0 Å². The standard InChI is InChI=1S/C12H13NO/c14-10-12-8-4-5-9-13(12)11-6-2-1-3-7-11/h1-9,12,14H,10H2. The lowest BCUT2D eigenvalue weighted by Crippen LogP contribution is -2.33. The molecule has 1 N–H and O–H groups in total. The van der Waals surface area contributed by atoms with Gasteiger partial charge < -0.3 is 10.0 Å². The predicted molar refractivity (Wildman–Crippen MR) is 58.1 cm³/mol. The summed E-state index contributed by atoms with van der Waals surface area (Å²) < 4.78 is 0. The Balaban J connectivity index is 2.25. The van der Waals surface area contributed by atoms with E-state index in [0.29, 0.717) is 0 Å². The molecule has 2 rings (SSSR count). The zero-order valence-electron chi connectivity index (χ0n) is 7.88. The van der Waals surface area contributed by atoms with Crippen LogP contribution in [0.5, 0.6) is 0 Å². The van der Waals surface area contributed by atoms with Crippen LogP contribution in [-0.2, 0) is 0 Å². The summed E-state index contributed by atoms with van der Waals surface area (Å²) in [6.45, 7) is 0.135. The fraction of sp³-hybridized carbons (Fsp3) is 0.167. The molecule has 1 aromatic rings. The SMILES string of the molecule is OCC1C=CC=CN1c1ccccc1. The zero-order chi connectivity index (χ0) is 9.80. The summed E-state index contributed by atoms with van der Waals surface area (Å²) in [5, 5.41) is 9.20. The molecule has 2 heteroatoms. The molecule has 72 valence electrons. The maximum atomic E-state index is 9.20. The van der Waals surface area contributed by atoms with Gasteiger partial charge in [0, 0.05) is 11.9 Å². The van der Waals surface area contributed by atoms with E-state index in [1.807, 2.05) is 54.8 Å². The Morgan fingerprint density at radius 3 is 2.64 bits per heavy atom. The fourth-order valence-corrected chi connectivity index (χ4v) is 1.56. The van der Waals surface area contributed by atoms with Crippen LogP contribution in [0.4, 0.5) is 5.69 Å². The van der Waals surface area contributed by atoms with Gasteiger partial charge in [-0.25, -0.2) is 0 Å². The highest BCUT2D eigenvalue weighted by Crippen LogP contribution is 2.19. The molecule has 0 amide bonds. The third kappa shape index (κ3) is 1.70. The van der Waals surface area contributed by atoms with E-state index >= 15 is 0 Å². The van der Waals surface area contributed by atoms with Gasteiger partial charge >= 0.3 is 0 Å². The number of hydrogen-bond acceptors (Lipinski definition) is 2. The zero-order valence-corrected chi connectivity index (χ0v) is 7.88. The summed E-state index contributed by atoms with van der Waals surface area (Å²) in [5.74, 6) is 0. The predicted octanol–water partition coefficient (Wildman–Crippen LogP) is 1.94. The van der Waals surface area contributed by atoms with Crippen LogP contribution in [0.1, 0.15) is 0 Å². The van der Waals surface area contributed by atoms with Crippen LogP contribution in [0.15, 0.2) is 54.8 Å². The molecule has 1 unspecified atom stereocenters. The average Bonchev–Trinajstić information content (AvgIpc) is 2.30. The Bertz CT molecular complexity index is 343. The van der Waals surface area contributed by atoms with Gasteiger partial charge in [-0.3, -0.25) is 0 Å². The molecule has 1 heterocycles. The van der Waals surface area contributed by atoms with Gasteiger partial charge in [-0.15, -0.1) is 0 Å². The molecule has 0 bridgehead atoms. The van der Waals surface area contributed by atoms with Crippen molar-refractivity contribution in [3.05, 3.63) is 54.8 Å². The van der Waals surface area contributed by atoms with E-state index in [1.54, 1.807) is 0 Å². The first kappa shape index (κ1) is 9.03. The molecule has 0 saturated heterocycles. The molecule has 0 spiro atoms. The molecule has 1 atom stereocenters. The van der Waals surface area contributed by atoms with Gasteiger partial charge in [0.15, 0.2) is 0 Å². The van der Waals surface area contributed by atoms with Gasteiger partial charge in [0.1, 0.15) is 0 Å². The Morgan fingerprint density at radius 1 is 1.14 bits per heavy atom. The minimum atomic E-state index is 0.0578. The van der Waals surface area contributed by atoms with Crippen LogP contribution in [0.25, 0.3) is 0 Å². The number of aliphatic hydroxyl groups excluding tert-OH is 1. The highest BCUT2D eigenvalue weighted by atomic mass is 16.3. The quantitative estimate of drug-likeness (QED) is 0.764. The normalized spacial score (nSPS) is 20.1. The van der Waals surface area contributed by atoms with Crippen LogP contribution < -0.4 is 4.90 Å².